The Balaban J connectivity index is 1.45. The largest absolute Gasteiger partial charge is 0.396 e. The molecule has 0 saturated heterocycles. The summed E-state index contributed by atoms with van der Waals surface area (Å²) in [5.41, 5.74) is 18.4. The summed E-state index contributed by atoms with van der Waals surface area (Å²) in [6.07, 6.45) is 12.9. The number of rotatable bonds is 8. The average Bonchev–Trinajstić information content (AvgIpc) is 3.02. The number of nitrogen functional groups attached to an aromatic ring is 1. The Morgan fingerprint density at radius 3 is 2.55 bits per heavy atom. The Morgan fingerprint density at radius 1 is 1.02 bits per heavy atom. The lowest BCUT2D eigenvalue weighted by Gasteiger charge is -2.32. The Kier molecular flexibility index (Phi) is 8.88. The molecule has 1 aromatic heterocycles. The van der Waals surface area contributed by atoms with Gasteiger partial charge in [-0.3, -0.25) is 4.98 Å². The molecule has 42 heavy (non-hydrogen) atoms. The molecular weight excluding hydrogens is 510 g/mol. The van der Waals surface area contributed by atoms with Crippen molar-refractivity contribution in [2.24, 2.45) is 0 Å². The normalized spacial score (nSPS) is 17.8. The summed E-state index contributed by atoms with van der Waals surface area (Å²) in [4.78, 5) is 4.69. The number of aryl methyl sites for hydroxylation is 1. The van der Waals surface area contributed by atoms with Gasteiger partial charge in [0, 0.05) is 28.3 Å². The minimum absolute atomic E-state index is 0.180. The van der Waals surface area contributed by atoms with E-state index in [4.69, 9.17) is 10.7 Å². The van der Waals surface area contributed by atoms with Crippen molar-refractivity contribution >= 4 is 27.7 Å². The number of benzene rings is 3. The second-order valence-electron chi connectivity index (χ2n) is 11.1. The number of hydrogen-bond donors (Lipinski definition) is 2. The predicted octanol–water partition coefficient (Wildman–Crippen LogP) is 9.86. The molecule has 2 heterocycles. The van der Waals surface area contributed by atoms with E-state index in [0.29, 0.717) is 11.6 Å². The van der Waals surface area contributed by atoms with Gasteiger partial charge in [0.2, 0.25) is 0 Å². The maximum absolute atomic E-state index is 6.61. The van der Waals surface area contributed by atoms with Gasteiger partial charge in [-0.25, -0.2) is 0 Å². The van der Waals surface area contributed by atoms with Crippen LogP contribution in [0, 0.1) is 6.92 Å². The number of pyridine rings is 1. The molecule has 4 aromatic rings. The molecule has 3 heteroatoms. The van der Waals surface area contributed by atoms with Gasteiger partial charge in [0.05, 0.1) is 17.2 Å². The molecule has 0 fully saturated rings. The molecule has 0 bridgehead atoms. The zero-order valence-electron chi connectivity index (χ0n) is 25.2. The number of aromatic nitrogens is 1. The van der Waals surface area contributed by atoms with Crippen LogP contribution in [0.5, 0.6) is 0 Å². The molecule has 0 spiro atoms. The predicted molar refractivity (Wildman–Crippen MR) is 181 cm³/mol. The van der Waals surface area contributed by atoms with Crippen molar-refractivity contribution in [3.63, 3.8) is 0 Å². The third kappa shape index (κ3) is 6.31. The lowest BCUT2D eigenvalue weighted by molar-refractivity contribution is 0.494. The number of fused-ring (bicyclic) bond motifs is 1. The van der Waals surface area contributed by atoms with Gasteiger partial charge in [0.15, 0.2) is 0 Å². The van der Waals surface area contributed by atoms with Crippen molar-refractivity contribution in [1.82, 2.24) is 10.3 Å². The first-order valence-electron chi connectivity index (χ1n) is 14.9. The Bertz CT molecular complexity index is 1720. The number of nitrogens with one attached hydrogen (secondary N) is 1. The first-order chi connectivity index (χ1) is 20.4. The quantitative estimate of drug-likeness (QED) is 0.169. The number of nitrogens with two attached hydrogens (primary N) is 1. The van der Waals surface area contributed by atoms with Crippen molar-refractivity contribution < 1.29 is 0 Å². The number of allylic oxidation sites excluding steroid dienone is 8. The summed E-state index contributed by atoms with van der Waals surface area (Å²) in [5.74, 6) is 0.329. The zero-order valence-corrected chi connectivity index (χ0v) is 25.2. The van der Waals surface area contributed by atoms with Crippen LogP contribution in [0.25, 0.3) is 22.0 Å². The molecule has 3 aromatic carbocycles. The minimum Gasteiger partial charge on any atom is -0.396 e. The molecule has 5 rings (SSSR count). The minimum atomic E-state index is 0.180. The molecule has 1 aliphatic heterocycles. The van der Waals surface area contributed by atoms with Crippen LogP contribution in [0.1, 0.15) is 73.5 Å². The standard InChI is InChI=1S/C39H41N3/c1-6-8-13-29(7-2)36-24-34(30-14-10-9-11-15-30)25-37(42-36)33-17-12-16-32(23-33)26(3)22-27(4)35-21-20-31-19-18-28(5)41-39(31)38(35)40/h6,8-24,34,37,42H,3,7,25,40H2,1-2,4-5H3/b8-6-,27-22-,29-13+. The molecule has 0 saturated carbocycles. The van der Waals surface area contributed by atoms with Crippen molar-refractivity contribution in [1.29, 1.82) is 0 Å². The van der Waals surface area contributed by atoms with Crippen LogP contribution in [-0.2, 0) is 0 Å². The highest BCUT2D eigenvalue weighted by molar-refractivity contribution is 5.97. The summed E-state index contributed by atoms with van der Waals surface area (Å²) in [7, 11) is 0. The van der Waals surface area contributed by atoms with Gasteiger partial charge in [-0.05, 0) is 79.2 Å². The summed E-state index contributed by atoms with van der Waals surface area (Å²) in [6.45, 7) is 12.8. The lowest BCUT2D eigenvalue weighted by atomic mass is 9.83. The lowest BCUT2D eigenvalue weighted by Crippen LogP contribution is -2.28. The van der Waals surface area contributed by atoms with Gasteiger partial charge in [0.25, 0.3) is 0 Å². The van der Waals surface area contributed by atoms with Crippen molar-refractivity contribution in [3.05, 3.63) is 155 Å². The van der Waals surface area contributed by atoms with E-state index in [1.807, 2.05) is 13.0 Å². The van der Waals surface area contributed by atoms with Gasteiger partial charge >= 0.3 is 0 Å². The van der Waals surface area contributed by atoms with E-state index in [9.17, 15) is 0 Å². The fourth-order valence-electron chi connectivity index (χ4n) is 5.81. The topological polar surface area (TPSA) is 50.9 Å². The van der Waals surface area contributed by atoms with E-state index in [0.717, 1.165) is 51.7 Å². The third-order valence-electron chi connectivity index (χ3n) is 8.15. The third-order valence-corrected chi connectivity index (χ3v) is 8.15. The second-order valence-corrected chi connectivity index (χ2v) is 11.1. The molecule has 3 nitrogen and oxygen atoms in total. The van der Waals surface area contributed by atoms with Crippen molar-refractivity contribution in [2.45, 2.75) is 52.5 Å². The average molecular weight is 552 g/mol. The fourth-order valence-corrected chi connectivity index (χ4v) is 5.81. The molecular formula is C39H41N3. The van der Waals surface area contributed by atoms with E-state index >= 15 is 0 Å². The highest BCUT2D eigenvalue weighted by Crippen LogP contribution is 2.38. The van der Waals surface area contributed by atoms with Crippen LogP contribution in [0.4, 0.5) is 5.69 Å². The maximum Gasteiger partial charge on any atom is 0.0940 e. The molecule has 3 N–H and O–H groups in total. The summed E-state index contributed by atoms with van der Waals surface area (Å²) < 4.78 is 0. The van der Waals surface area contributed by atoms with E-state index in [2.05, 4.69) is 136 Å². The van der Waals surface area contributed by atoms with Crippen LogP contribution in [-0.4, -0.2) is 4.98 Å². The van der Waals surface area contributed by atoms with Gasteiger partial charge in [-0.15, -0.1) is 0 Å². The SMILES string of the molecule is C=C(/C=C(/C)c1ccc2ccc(C)nc2c1N)c1cccc(C2CC(c3ccccc3)C=C(/C(=C/C=C\C)CC)N2)c1. The van der Waals surface area contributed by atoms with Gasteiger partial charge in [-0.1, -0.05) is 111 Å². The second kappa shape index (κ2) is 12.9. The molecule has 0 aliphatic carbocycles. The van der Waals surface area contributed by atoms with Crippen LogP contribution >= 0.6 is 0 Å². The highest BCUT2D eigenvalue weighted by Gasteiger charge is 2.25. The van der Waals surface area contributed by atoms with E-state index in [-0.39, 0.29) is 6.04 Å². The Morgan fingerprint density at radius 2 is 1.79 bits per heavy atom. The first-order valence-corrected chi connectivity index (χ1v) is 14.9. The monoisotopic (exact) mass is 551 g/mol. The van der Waals surface area contributed by atoms with E-state index in [1.54, 1.807) is 0 Å². The highest BCUT2D eigenvalue weighted by atomic mass is 14.9. The van der Waals surface area contributed by atoms with Crippen LogP contribution in [0.2, 0.25) is 0 Å². The summed E-state index contributed by atoms with van der Waals surface area (Å²) in [5, 5.41) is 4.93. The molecule has 2 unspecified atom stereocenters. The first kappa shape index (κ1) is 28.9. The molecule has 1 aliphatic rings. The summed E-state index contributed by atoms with van der Waals surface area (Å²) >= 11 is 0. The fraction of sp³-hybridized carbons (Fsp3) is 0.205. The van der Waals surface area contributed by atoms with Crippen molar-refractivity contribution in [2.75, 3.05) is 5.73 Å². The number of hydrogen-bond acceptors (Lipinski definition) is 3. The number of anilines is 1. The molecule has 0 radical (unpaired) electrons. The Hall–Kier alpha value is -4.63. The zero-order chi connectivity index (χ0) is 29.6. The summed E-state index contributed by atoms with van der Waals surface area (Å²) in [6, 6.07) is 28.1. The van der Waals surface area contributed by atoms with Gasteiger partial charge < -0.3 is 11.1 Å². The molecule has 0 amide bonds. The van der Waals surface area contributed by atoms with Crippen LogP contribution < -0.4 is 11.1 Å². The smallest absolute Gasteiger partial charge is 0.0940 e. The van der Waals surface area contributed by atoms with Crippen LogP contribution in [0.3, 0.4) is 0 Å². The van der Waals surface area contributed by atoms with Gasteiger partial charge in [-0.2, -0.15) is 0 Å². The Labute approximate surface area is 250 Å². The van der Waals surface area contributed by atoms with E-state index in [1.165, 1.54) is 22.4 Å². The number of nitrogens with zero attached hydrogens (tertiary/aromatic N) is 1. The van der Waals surface area contributed by atoms with Crippen molar-refractivity contribution in [3.8, 4) is 0 Å². The molecule has 212 valence electrons. The molecule has 2 atom stereocenters. The van der Waals surface area contributed by atoms with Crippen LogP contribution in [0.15, 0.2) is 127 Å². The van der Waals surface area contributed by atoms with E-state index < -0.39 is 0 Å². The van der Waals surface area contributed by atoms with Gasteiger partial charge in [0.1, 0.15) is 0 Å². The maximum atomic E-state index is 6.61.